The van der Waals surface area contributed by atoms with Crippen LogP contribution in [0.2, 0.25) is 0 Å². The van der Waals surface area contributed by atoms with Crippen LogP contribution >= 0.6 is 0 Å². The van der Waals surface area contributed by atoms with Gasteiger partial charge in [0.1, 0.15) is 6.61 Å². The van der Waals surface area contributed by atoms with E-state index in [9.17, 15) is 9.59 Å². The molecule has 1 aromatic heterocycles. The predicted octanol–water partition coefficient (Wildman–Crippen LogP) is 3.19. The molecule has 0 aliphatic carbocycles. The number of amides is 2. The van der Waals surface area contributed by atoms with Gasteiger partial charge in [0.15, 0.2) is 11.5 Å². The first-order valence-corrected chi connectivity index (χ1v) is 10.5. The molecular formula is C23H29N3O4. The standard InChI is InChI=1S/C23H29N3O4/c1-2-29-21-15-19(9-10-20(21)30-17-18-7-6-11-24-16-18)23(28)25-12-14-26-13-5-3-4-8-22(26)27/h6-7,9-11,15-16H,2-5,8,12-14,17H2,1H3,(H,25,28). The van der Waals surface area contributed by atoms with Gasteiger partial charge in [-0.25, -0.2) is 0 Å². The minimum Gasteiger partial charge on any atom is -0.490 e. The molecule has 30 heavy (non-hydrogen) atoms. The quantitative estimate of drug-likeness (QED) is 0.685. The largest absolute Gasteiger partial charge is 0.490 e. The highest BCUT2D eigenvalue weighted by Crippen LogP contribution is 2.29. The Morgan fingerprint density at radius 1 is 1.17 bits per heavy atom. The number of hydrogen-bond donors (Lipinski definition) is 1. The number of rotatable bonds is 9. The van der Waals surface area contributed by atoms with Crippen molar-refractivity contribution in [1.82, 2.24) is 15.2 Å². The zero-order valence-electron chi connectivity index (χ0n) is 17.4. The van der Waals surface area contributed by atoms with Gasteiger partial charge < -0.3 is 19.7 Å². The normalized spacial score (nSPS) is 14.2. The fraction of sp³-hybridized carbons (Fsp3) is 0.435. The predicted molar refractivity (Wildman–Crippen MR) is 114 cm³/mol. The van der Waals surface area contributed by atoms with Crippen LogP contribution in [0.25, 0.3) is 0 Å². The number of pyridine rings is 1. The van der Waals surface area contributed by atoms with Crippen LogP contribution in [0.5, 0.6) is 11.5 Å². The molecule has 1 aliphatic heterocycles. The Morgan fingerprint density at radius 2 is 2.07 bits per heavy atom. The summed E-state index contributed by atoms with van der Waals surface area (Å²) in [6.07, 6.45) is 7.13. The van der Waals surface area contributed by atoms with Crippen molar-refractivity contribution in [3.05, 3.63) is 53.9 Å². The van der Waals surface area contributed by atoms with Gasteiger partial charge in [-0.15, -0.1) is 0 Å². The van der Waals surface area contributed by atoms with Crippen molar-refractivity contribution < 1.29 is 19.1 Å². The molecule has 2 amide bonds. The fourth-order valence-electron chi connectivity index (χ4n) is 3.36. The molecular weight excluding hydrogens is 382 g/mol. The van der Waals surface area contributed by atoms with E-state index in [-0.39, 0.29) is 11.8 Å². The van der Waals surface area contributed by atoms with Gasteiger partial charge in [0.05, 0.1) is 6.61 Å². The number of carbonyl (C=O) groups excluding carboxylic acids is 2. The van der Waals surface area contributed by atoms with Gasteiger partial charge in [0.25, 0.3) is 5.91 Å². The van der Waals surface area contributed by atoms with Crippen LogP contribution in [0, 0.1) is 0 Å². The lowest BCUT2D eigenvalue weighted by Crippen LogP contribution is -2.38. The monoisotopic (exact) mass is 411 g/mol. The summed E-state index contributed by atoms with van der Waals surface area (Å²) in [5, 5.41) is 2.90. The second-order valence-corrected chi connectivity index (χ2v) is 7.19. The fourth-order valence-corrected chi connectivity index (χ4v) is 3.36. The first kappa shape index (κ1) is 21.6. The molecule has 0 spiro atoms. The van der Waals surface area contributed by atoms with Crippen molar-refractivity contribution in [2.75, 3.05) is 26.2 Å². The van der Waals surface area contributed by atoms with E-state index in [1.807, 2.05) is 24.0 Å². The maximum atomic E-state index is 12.6. The van der Waals surface area contributed by atoms with E-state index < -0.39 is 0 Å². The molecule has 0 atom stereocenters. The van der Waals surface area contributed by atoms with Gasteiger partial charge in [0, 0.05) is 49.6 Å². The molecule has 7 nitrogen and oxygen atoms in total. The molecule has 7 heteroatoms. The summed E-state index contributed by atoms with van der Waals surface area (Å²) >= 11 is 0. The van der Waals surface area contributed by atoms with Crippen LogP contribution in [-0.2, 0) is 11.4 Å². The molecule has 2 heterocycles. The van der Waals surface area contributed by atoms with Crippen molar-refractivity contribution in [2.45, 2.75) is 39.2 Å². The highest BCUT2D eigenvalue weighted by Gasteiger charge is 2.17. The molecule has 2 aromatic rings. The van der Waals surface area contributed by atoms with Crippen molar-refractivity contribution in [1.29, 1.82) is 0 Å². The van der Waals surface area contributed by atoms with Crippen LogP contribution in [-0.4, -0.2) is 47.9 Å². The molecule has 1 fully saturated rings. The van der Waals surface area contributed by atoms with Gasteiger partial charge in [-0.2, -0.15) is 0 Å². The van der Waals surface area contributed by atoms with Gasteiger partial charge in [-0.1, -0.05) is 12.5 Å². The Labute approximate surface area is 177 Å². The molecule has 1 aliphatic rings. The first-order valence-electron chi connectivity index (χ1n) is 10.5. The lowest BCUT2D eigenvalue weighted by atomic mass is 10.2. The average Bonchev–Trinajstić information content (AvgIpc) is 2.98. The van der Waals surface area contributed by atoms with Crippen LogP contribution in [0.4, 0.5) is 0 Å². The van der Waals surface area contributed by atoms with E-state index >= 15 is 0 Å². The van der Waals surface area contributed by atoms with E-state index in [4.69, 9.17) is 9.47 Å². The van der Waals surface area contributed by atoms with Crippen molar-refractivity contribution in [3.8, 4) is 11.5 Å². The summed E-state index contributed by atoms with van der Waals surface area (Å²) < 4.78 is 11.5. The Hall–Kier alpha value is -3.09. The van der Waals surface area contributed by atoms with Gasteiger partial charge in [-0.05, 0) is 44.0 Å². The highest BCUT2D eigenvalue weighted by atomic mass is 16.5. The molecule has 1 aromatic carbocycles. The topological polar surface area (TPSA) is 80.8 Å². The second kappa shape index (κ2) is 11.2. The molecule has 3 rings (SSSR count). The van der Waals surface area contributed by atoms with E-state index in [1.165, 1.54) is 0 Å². The summed E-state index contributed by atoms with van der Waals surface area (Å²) in [6.45, 7) is 4.44. The third-order valence-corrected chi connectivity index (χ3v) is 4.96. The van der Waals surface area contributed by atoms with E-state index in [1.54, 1.807) is 30.6 Å². The van der Waals surface area contributed by atoms with E-state index in [2.05, 4.69) is 10.3 Å². The second-order valence-electron chi connectivity index (χ2n) is 7.19. The summed E-state index contributed by atoms with van der Waals surface area (Å²) in [4.78, 5) is 30.5. The number of benzene rings is 1. The molecule has 1 N–H and O–H groups in total. The third kappa shape index (κ3) is 6.20. The molecule has 160 valence electrons. The van der Waals surface area contributed by atoms with Gasteiger partial charge in [0.2, 0.25) is 5.91 Å². The third-order valence-electron chi connectivity index (χ3n) is 4.96. The number of carbonyl (C=O) groups is 2. The number of nitrogens with zero attached hydrogens (tertiary/aromatic N) is 2. The molecule has 1 saturated heterocycles. The zero-order valence-corrected chi connectivity index (χ0v) is 17.4. The summed E-state index contributed by atoms with van der Waals surface area (Å²) in [5.41, 5.74) is 1.44. The average molecular weight is 412 g/mol. The minimum atomic E-state index is -0.197. The SMILES string of the molecule is CCOc1cc(C(=O)NCCN2CCCCCC2=O)ccc1OCc1cccnc1. The van der Waals surface area contributed by atoms with Crippen LogP contribution < -0.4 is 14.8 Å². The Morgan fingerprint density at radius 3 is 2.87 bits per heavy atom. The number of hydrogen-bond acceptors (Lipinski definition) is 5. The lowest BCUT2D eigenvalue weighted by Gasteiger charge is -2.20. The van der Waals surface area contributed by atoms with Crippen molar-refractivity contribution in [2.24, 2.45) is 0 Å². The van der Waals surface area contributed by atoms with Crippen molar-refractivity contribution >= 4 is 11.8 Å². The minimum absolute atomic E-state index is 0.176. The van der Waals surface area contributed by atoms with Gasteiger partial charge in [-0.3, -0.25) is 14.6 Å². The maximum Gasteiger partial charge on any atom is 0.251 e. The van der Waals surface area contributed by atoms with Gasteiger partial charge >= 0.3 is 0 Å². The lowest BCUT2D eigenvalue weighted by molar-refractivity contribution is -0.130. The molecule has 0 unspecified atom stereocenters. The summed E-state index contributed by atoms with van der Waals surface area (Å²) in [5.74, 6) is 1.08. The summed E-state index contributed by atoms with van der Waals surface area (Å²) in [7, 11) is 0. The molecule has 0 saturated carbocycles. The van der Waals surface area contributed by atoms with E-state index in [0.717, 1.165) is 31.4 Å². The van der Waals surface area contributed by atoms with Crippen LogP contribution in [0.15, 0.2) is 42.7 Å². The number of aromatic nitrogens is 1. The Kier molecular flexibility index (Phi) is 8.06. The highest BCUT2D eigenvalue weighted by molar-refractivity contribution is 5.94. The molecule has 0 bridgehead atoms. The smallest absolute Gasteiger partial charge is 0.251 e. The number of likely N-dealkylation sites (tertiary alicyclic amines) is 1. The molecule has 0 radical (unpaired) electrons. The van der Waals surface area contributed by atoms with Crippen LogP contribution in [0.1, 0.15) is 48.5 Å². The number of ether oxygens (including phenoxy) is 2. The van der Waals surface area contributed by atoms with Crippen LogP contribution in [0.3, 0.4) is 0 Å². The first-order chi connectivity index (χ1) is 14.7. The number of nitrogens with one attached hydrogen (secondary N) is 1. The van der Waals surface area contributed by atoms with E-state index in [0.29, 0.717) is 49.8 Å². The zero-order chi connectivity index (χ0) is 21.2. The Bertz CT molecular complexity index is 842. The Balaban J connectivity index is 1.57. The maximum absolute atomic E-state index is 12.6. The van der Waals surface area contributed by atoms with Crippen molar-refractivity contribution in [3.63, 3.8) is 0 Å². The summed E-state index contributed by atoms with van der Waals surface area (Å²) in [6, 6.07) is 8.94.